The number of aromatic nitrogens is 5. The molecule has 7 heteroatoms. The van der Waals surface area contributed by atoms with E-state index in [1.807, 2.05) is 6.07 Å². The predicted octanol–water partition coefficient (Wildman–Crippen LogP) is 5.18. The van der Waals surface area contributed by atoms with Gasteiger partial charge in [0.25, 0.3) is 0 Å². The van der Waals surface area contributed by atoms with Crippen molar-refractivity contribution in [2.45, 2.75) is 45.4 Å². The van der Waals surface area contributed by atoms with Crippen molar-refractivity contribution in [2.24, 2.45) is 5.92 Å². The van der Waals surface area contributed by atoms with Crippen LogP contribution in [0.2, 0.25) is 0 Å². The molecule has 0 bridgehead atoms. The van der Waals surface area contributed by atoms with Crippen molar-refractivity contribution in [3.8, 4) is 11.3 Å². The third kappa shape index (κ3) is 5.97. The van der Waals surface area contributed by atoms with E-state index < -0.39 is 0 Å². The number of amides is 1. The Morgan fingerprint density at radius 2 is 1.88 bits per heavy atom. The molecule has 4 rings (SSSR count). The first-order valence-electron chi connectivity index (χ1n) is 11.1. The summed E-state index contributed by atoms with van der Waals surface area (Å²) in [7, 11) is 0. The number of hydrogen-bond donors (Lipinski definition) is 2. The molecule has 0 aliphatic carbocycles. The first-order valence-corrected chi connectivity index (χ1v) is 11.1. The zero-order valence-electron chi connectivity index (χ0n) is 18.3. The highest BCUT2D eigenvalue weighted by atomic mass is 16.1. The highest BCUT2D eigenvalue weighted by Gasteiger charge is 2.09. The van der Waals surface area contributed by atoms with E-state index in [1.54, 1.807) is 24.7 Å². The lowest BCUT2D eigenvalue weighted by atomic mass is 9.96. The van der Waals surface area contributed by atoms with E-state index in [9.17, 15) is 4.79 Å². The number of benzene rings is 1. The van der Waals surface area contributed by atoms with Gasteiger partial charge in [-0.05, 0) is 42.9 Å². The van der Waals surface area contributed by atoms with Gasteiger partial charge in [-0.25, -0.2) is 9.97 Å². The van der Waals surface area contributed by atoms with E-state index in [0.29, 0.717) is 35.0 Å². The first kappa shape index (κ1) is 21.6. The molecule has 0 saturated heterocycles. The molecule has 32 heavy (non-hydrogen) atoms. The maximum Gasteiger partial charge on any atom is 0.225 e. The van der Waals surface area contributed by atoms with Crippen molar-refractivity contribution in [3.63, 3.8) is 0 Å². The number of anilines is 1. The summed E-state index contributed by atoms with van der Waals surface area (Å²) in [6.45, 7) is 2.27. The van der Waals surface area contributed by atoms with Crippen LogP contribution >= 0.6 is 0 Å². The number of fused-ring (bicyclic) bond motifs is 1. The fraction of sp³-hybridized carbons (Fsp3) is 0.320. The van der Waals surface area contributed by atoms with Gasteiger partial charge in [0.15, 0.2) is 5.65 Å². The van der Waals surface area contributed by atoms with Crippen molar-refractivity contribution in [1.82, 2.24) is 25.1 Å². The van der Waals surface area contributed by atoms with Crippen LogP contribution in [0.1, 0.15) is 44.6 Å². The standard InChI is InChI=1S/C25H28N6O/c1-18(7-5-11-19-9-3-2-4-10-19)8-6-12-24(32)30-23-14-13-21-25(31-23)29-22(17-26-21)20-15-27-28-16-20/h2-4,9-10,13-18H,5-8,11-12H2,1H3,(H,27,28)(H,29,30,31,32)/t18-/m1/s1. The third-order valence-electron chi connectivity index (χ3n) is 5.57. The molecular formula is C25H28N6O. The molecule has 1 atom stereocenters. The number of hydrogen-bond acceptors (Lipinski definition) is 5. The highest BCUT2D eigenvalue weighted by molar-refractivity contribution is 5.90. The number of pyridine rings is 1. The van der Waals surface area contributed by atoms with Crippen LogP contribution in [0.3, 0.4) is 0 Å². The molecule has 0 radical (unpaired) electrons. The molecule has 0 unspecified atom stereocenters. The minimum atomic E-state index is -0.0210. The van der Waals surface area contributed by atoms with Crippen LogP contribution in [0.4, 0.5) is 5.82 Å². The van der Waals surface area contributed by atoms with Crippen LogP contribution in [0.5, 0.6) is 0 Å². The van der Waals surface area contributed by atoms with Gasteiger partial charge in [-0.15, -0.1) is 0 Å². The SMILES string of the molecule is C[C@@H](CCCC(=O)Nc1ccc2ncc(-c3cn[nH]c3)nc2n1)CCCc1ccccc1. The quantitative estimate of drug-likeness (QED) is 0.363. The molecule has 0 saturated carbocycles. The topological polar surface area (TPSA) is 96.5 Å². The molecule has 2 N–H and O–H groups in total. The Bertz CT molecular complexity index is 1140. The minimum absolute atomic E-state index is 0.0210. The molecule has 3 heterocycles. The first-order chi connectivity index (χ1) is 15.7. The van der Waals surface area contributed by atoms with Gasteiger partial charge in [-0.2, -0.15) is 5.10 Å². The number of aromatic amines is 1. The largest absolute Gasteiger partial charge is 0.311 e. The van der Waals surface area contributed by atoms with Gasteiger partial charge in [0.2, 0.25) is 5.91 Å². The summed E-state index contributed by atoms with van der Waals surface area (Å²) in [5, 5.41) is 9.59. The van der Waals surface area contributed by atoms with Crippen LogP contribution in [-0.2, 0) is 11.2 Å². The Hall–Kier alpha value is -3.61. The molecule has 0 spiro atoms. The average Bonchev–Trinajstić information content (AvgIpc) is 3.34. The van der Waals surface area contributed by atoms with Crippen molar-refractivity contribution >= 4 is 22.9 Å². The smallest absolute Gasteiger partial charge is 0.225 e. The zero-order chi connectivity index (χ0) is 22.2. The maximum absolute atomic E-state index is 12.4. The lowest BCUT2D eigenvalue weighted by Crippen LogP contribution is -2.13. The molecule has 0 aliphatic rings. The molecule has 3 aromatic heterocycles. The second kappa shape index (κ2) is 10.6. The Morgan fingerprint density at radius 3 is 2.69 bits per heavy atom. The molecule has 1 aromatic carbocycles. The second-order valence-electron chi connectivity index (χ2n) is 8.20. The van der Waals surface area contributed by atoms with Gasteiger partial charge in [-0.1, -0.05) is 50.1 Å². The van der Waals surface area contributed by atoms with E-state index >= 15 is 0 Å². The van der Waals surface area contributed by atoms with Gasteiger partial charge in [0.05, 0.1) is 18.1 Å². The van der Waals surface area contributed by atoms with Gasteiger partial charge >= 0.3 is 0 Å². The van der Waals surface area contributed by atoms with Gasteiger partial charge in [0, 0.05) is 18.2 Å². The van der Waals surface area contributed by atoms with Crippen molar-refractivity contribution < 1.29 is 4.79 Å². The molecule has 7 nitrogen and oxygen atoms in total. The lowest BCUT2D eigenvalue weighted by molar-refractivity contribution is -0.116. The monoisotopic (exact) mass is 428 g/mol. The maximum atomic E-state index is 12.4. The van der Waals surface area contributed by atoms with Gasteiger partial charge in [-0.3, -0.25) is 14.9 Å². The van der Waals surface area contributed by atoms with Crippen LogP contribution in [0.25, 0.3) is 22.4 Å². The Labute approximate surface area is 187 Å². The number of aryl methyl sites for hydroxylation is 1. The summed E-state index contributed by atoms with van der Waals surface area (Å²) < 4.78 is 0. The van der Waals surface area contributed by atoms with E-state index in [0.717, 1.165) is 24.8 Å². The number of nitrogens with one attached hydrogen (secondary N) is 2. The summed E-state index contributed by atoms with van der Waals surface area (Å²) in [4.78, 5) is 25.8. The Balaban J connectivity index is 1.23. The van der Waals surface area contributed by atoms with Crippen molar-refractivity contribution in [3.05, 3.63) is 66.6 Å². The predicted molar refractivity (Wildman–Crippen MR) is 126 cm³/mol. The van der Waals surface area contributed by atoms with Crippen LogP contribution in [-0.4, -0.2) is 31.1 Å². The Kier molecular flexibility index (Phi) is 7.17. The molecular weight excluding hydrogens is 400 g/mol. The van der Waals surface area contributed by atoms with E-state index in [4.69, 9.17) is 0 Å². The zero-order valence-corrected chi connectivity index (χ0v) is 18.3. The number of carbonyl (C=O) groups is 1. The number of carbonyl (C=O) groups excluding carboxylic acids is 1. The van der Waals surface area contributed by atoms with Crippen LogP contribution in [0, 0.1) is 5.92 Å². The molecule has 164 valence electrons. The third-order valence-corrected chi connectivity index (χ3v) is 5.57. The molecule has 0 fully saturated rings. The lowest BCUT2D eigenvalue weighted by Gasteiger charge is -2.11. The number of nitrogens with zero attached hydrogens (tertiary/aromatic N) is 4. The summed E-state index contributed by atoms with van der Waals surface area (Å²) in [6.07, 6.45) is 11.0. The summed E-state index contributed by atoms with van der Waals surface area (Å²) in [6, 6.07) is 14.2. The number of rotatable bonds is 10. The van der Waals surface area contributed by atoms with E-state index in [2.05, 4.69) is 67.7 Å². The van der Waals surface area contributed by atoms with Crippen LogP contribution < -0.4 is 5.32 Å². The normalized spacial score (nSPS) is 12.0. The highest BCUT2D eigenvalue weighted by Crippen LogP contribution is 2.19. The summed E-state index contributed by atoms with van der Waals surface area (Å²) in [5.41, 5.74) is 4.09. The fourth-order valence-electron chi connectivity index (χ4n) is 3.76. The second-order valence-corrected chi connectivity index (χ2v) is 8.20. The van der Waals surface area contributed by atoms with Crippen molar-refractivity contribution in [2.75, 3.05) is 5.32 Å². The average molecular weight is 429 g/mol. The molecule has 4 aromatic rings. The molecule has 0 aliphatic heterocycles. The Morgan fingerprint density at radius 1 is 1.03 bits per heavy atom. The molecule has 1 amide bonds. The minimum Gasteiger partial charge on any atom is -0.311 e. The van der Waals surface area contributed by atoms with E-state index in [-0.39, 0.29) is 5.91 Å². The van der Waals surface area contributed by atoms with E-state index in [1.165, 1.54) is 18.4 Å². The van der Waals surface area contributed by atoms with Crippen LogP contribution in [0.15, 0.2) is 61.1 Å². The summed E-state index contributed by atoms with van der Waals surface area (Å²) in [5.74, 6) is 1.09. The van der Waals surface area contributed by atoms with Gasteiger partial charge < -0.3 is 5.32 Å². The number of H-pyrrole nitrogens is 1. The van der Waals surface area contributed by atoms with Gasteiger partial charge in [0.1, 0.15) is 11.3 Å². The van der Waals surface area contributed by atoms with Crippen molar-refractivity contribution in [1.29, 1.82) is 0 Å². The fourth-order valence-corrected chi connectivity index (χ4v) is 3.76. The summed E-state index contributed by atoms with van der Waals surface area (Å²) >= 11 is 0.